The number of aryl methyl sites for hydroxylation is 1. The summed E-state index contributed by atoms with van der Waals surface area (Å²) in [6.07, 6.45) is 1.31. The lowest BCUT2D eigenvalue weighted by atomic mass is 10.3. The average Bonchev–Trinajstić information content (AvgIpc) is 2.84. The molecule has 3 rings (SSSR count). The highest BCUT2D eigenvalue weighted by Crippen LogP contribution is 2.15. The quantitative estimate of drug-likeness (QED) is 0.685. The fourth-order valence-corrected chi connectivity index (χ4v) is 2.15. The number of carbonyl (C=O) groups is 1. The molecule has 112 valence electrons. The number of aromatic nitrogens is 4. The number of hydrogen-bond donors (Lipinski definition) is 3. The van der Waals surface area contributed by atoms with E-state index in [1.165, 1.54) is 10.9 Å². The second-order valence-corrected chi connectivity index (χ2v) is 4.54. The third kappa shape index (κ3) is 2.53. The van der Waals surface area contributed by atoms with Crippen LogP contribution in [0.15, 0.2) is 41.5 Å². The molecule has 2 amide bonds. The molecule has 0 spiro atoms. The Kier molecular flexibility index (Phi) is 3.57. The Morgan fingerprint density at radius 2 is 2.00 bits per heavy atom. The van der Waals surface area contributed by atoms with Gasteiger partial charge in [0.15, 0.2) is 11.5 Å². The van der Waals surface area contributed by atoms with Gasteiger partial charge < -0.3 is 10.3 Å². The Bertz CT molecular complexity index is 868. The Hall–Kier alpha value is -3.16. The van der Waals surface area contributed by atoms with E-state index in [2.05, 4.69) is 25.6 Å². The number of aromatic amines is 1. The minimum Gasteiger partial charge on any atom is -0.308 e. The second kappa shape index (κ2) is 5.68. The van der Waals surface area contributed by atoms with Crippen molar-refractivity contribution in [2.24, 2.45) is 0 Å². The van der Waals surface area contributed by atoms with Crippen molar-refractivity contribution in [1.29, 1.82) is 0 Å². The number of para-hydroxylation sites is 1. The molecule has 2 aromatic heterocycles. The molecule has 2 heterocycles. The lowest BCUT2D eigenvalue weighted by Crippen LogP contribution is -2.20. The summed E-state index contributed by atoms with van der Waals surface area (Å²) in [5.74, 6) is 0.253. The number of H-pyrrole nitrogens is 1. The minimum absolute atomic E-state index is 0.253. The van der Waals surface area contributed by atoms with Gasteiger partial charge in [0.2, 0.25) is 0 Å². The molecule has 0 fully saturated rings. The van der Waals surface area contributed by atoms with Crippen LogP contribution in [0.4, 0.5) is 16.3 Å². The number of rotatable bonds is 3. The number of nitrogens with one attached hydrogen (secondary N) is 3. The van der Waals surface area contributed by atoms with Crippen molar-refractivity contribution in [2.75, 3.05) is 10.6 Å². The van der Waals surface area contributed by atoms with Crippen LogP contribution in [0, 0.1) is 0 Å². The highest BCUT2D eigenvalue weighted by molar-refractivity contribution is 6.02. The zero-order valence-corrected chi connectivity index (χ0v) is 11.8. The molecule has 3 N–H and O–H groups in total. The van der Waals surface area contributed by atoms with Crippen molar-refractivity contribution in [3.63, 3.8) is 0 Å². The second-order valence-electron chi connectivity index (χ2n) is 4.54. The summed E-state index contributed by atoms with van der Waals surface area (Å²) < 4.78 is 1.47. The zero-order valence-electron chi connectivity index (χ0n) is 11.8. The topological polar surface area (TPSA) is 105 Å². The molecule has 0 aliphatic carbocycles. The van der Waals surface area contributed by atoms with Crippen molar-refractivity contribution < 1.29 is 4.79 Å². The number of benzene rings is 1. The Morgan fingerprint density at radius 3 is 2.73 bits per heavy atom. The van der Waals surface area contributed by atoms with Gasteiger partial charge in [0.05, 0.1) is 0 Å². The predicted molar refractivity (Wildman–Crippen MR) is 82.9 cm³/mol. The van der Waals surface area contributed by atoms with Crippen molar-refractivity contribution in [3.8, 4) is 0 Å². The Morgan fingerprint density at radius 1 is 1.23 bits per heavy atom. The van der Waals surface area contributed by atoms with Crippen LogP contribution < -0.4 is 16.3 Å². The van der Waals surface area contributed by atoms with Gasteiger partial charge in [-0.25, -0.2) is 19.6 Å². The summed E-state index contributed by atoms with van der Waals surface area (Å²) in [6, 6.07) is 8.58. The van der Waals surface area contributed by atoms with Gasteiger partial charge >= 0.3 is 11.7 Å². The van der Waals surface area contributed by atoms with Crippen LogP contribution in [0.1, 0.15) is 6.92 Å². The van der Waals surface area contributed by atoms with E-state index in [0.717, 1.165) is 0 Å². The van der Waals surface area contributed by atoms with Gasteiger partial charge in [-0.3, -0.25) is 9.88 Å². The van der Waals surface area contributed by atoms with Crippen molar-refractivity contribution in [2.45, 2.75) is 13.5 Å². The number of fused-ring (bicyclic) bond motifs is 1. The van der Waals surface area contributed by atoms with Crippen molar-refractivity contribution in [3.05, 3.63) is 47.1 Å². The predicted octanol–water partition coefficient (Wildman–Crippen LogP) is 1.78. The molecule has 0 radical (unpaired) electrons. The van der Waals surface area contributed by atoms with Crippen LogP contribution in [0.5, 0.6) is 0 Å². The summed E-state index contributed by atoms with van der Waals surface area (Å²) in [7, 11) is 0. The van der Waals surface area contributed by atoms with Gasteiger partial charge in [-0.15, -0.1) is 0 Å². The van der Waals surface area contributed by atoms with Gasteiger partial charge in [0.25, 0.3) is 0 Å². The van der Waals surface area contributed by atoms with E-state index in [9.17, 15) is 9.59 Å². The fourth-order valence-electron chi connectivity index (χ4n) is 2.15. The van der Waals surface area contributed by atoms with E-state index < -0.39 is 6.03 Å². The SMILES string of the molecule is CCn1c(=O)[nH]c2c(NC(=O)Nc3ccccc3)ncnc21. The molecule has 0 bridgehead atoms. The van der Waals surface area contributed by atoms with E-state index >= 15 is 0 Å². The van der Waals surface area contributed by atoms with Crippen LogP contribution in [0.25, 0.3) is 11.2 Å². The molecule has 0 unspecified atom stereocenters. The van der Waals surface area contributed by atoms with Crippen LogP contribution in [-0.4, -0.2) is 25.6 Å². The van der Waals surface area contributed by atoms with Crippen LogP contribution in [0.2, 0.25) is 0 Å². The van der Waals surface area contributed by atoms with Gasteiger partial charge in [0, 0.05) is 12.2 Å². The van der Waals surface area contributed by atoms with E-state index in [1.54, 1.807) is 12.1 Å². The smallest absolute Gasteiger partial charge is 0.308 e. The maximum atomic E-state index is 12.0. The van der Waals surface area contributed by atoms with Gasteiger partial charge in [-0.05, 0) is 19.1 Å². The number of carbonyl (C=O) groups excluding carboxylic acids is 1. The van der Waals surface area contributed by atoms with Crippen LogP contribution in [0.3, 0.4) is 0 Å². The van der Waals surface area contributed by atoms with Gasteiger partial charge in [0.1, 0.15) is 11.8 Å². The van der Waals surface area contributed by atoms with E-state index in [0.29, 0.717) is 23.4 Å². The lowest BCUT2D eigenvalue weighted by molar-refractivity contribution is 0.262. The summed E-state index contributed by atoms with van der Waals surface area (Å²) >= 11 is 0. The molecular weight excluding hydrogens is 284 g/mol. The maximum absolute atomic E-state index is 12.0. The summed E-state index contributed by atoms with van der Waals surface area (Å²) in [6.45, 7) is 2.32. The van der Waals surface area contributed by atoms with Crippen molar-refractivity contribution in [1.82, 2.24) is 19.5 Å². The fraction of sp³-hybridized carbons (Fsp3) is 0.143. The third-order valence-electron chi connectivity index (χ3n) is 3.14. The normalized spacial score (nSPS) is 10.6. The van der Waals surface area contributed by atoms with Crippen molar-refractivity contribution >= 4 is 28.7 Å². The zero-order chi connectivity index (χ0) is 15.5. The van der Waals surface area contributed by atoms with E-state index in [4.69, 9.17) is 0 Å². The highest BCUT2D eigenvalue weighted by Gasteiger charge is 2.13. The summed E-state index contributed by atoms with van der Waals surface area (Å²) in [4.78, 5) is 34.6. The molecule has 8 nitrogen and oxygen atoms in total. The summed E-state index contributed by atoms with van der Waals surface area (Å²) in [5, 5.41) is 5.29. The minimum atomic E-state index is -0.448. The molecule has 22 heavy (non-hydrogen) atoms. The standard InChI is InChI=1S/C14H14N6O2/c1-2-20-12-10(18-14(20)22)11(15-8-16-12)19-13(21)17-9-6-4-3-5-7-9/h3-8H,2H2,1H3,(H,18,22)(H2,15,16,17,19,21). The molecule has 0 aliphatic heterocycles. The van der Waals surface area contributed by atoms with Crippen LogP contribution >= 0.6 is 0 Å². The van der Waals surface area contributed by atoms with E-state index in [-0.39, 0.29) is 11.5 Å². The average molecular weight is 298 g/mol. The largest absolute Gasteiger partial charge is 0.327 e. The number of urea groups is 1. The maximum Gasteiger partial charge on any atom is 0.327 e. The number of nitrogens with zero attached hydrogens (tertiary/aromatic N) is 3. The number of imidazole rings is 1. The number of amides is 2. The molecule has 8 heteroatoms. The van der Waals surface area contributed by atoms with Gasteiger partial charge in [-0.1, -0.05) is 18.2 Å². The van der Waals surface area contributed by atoms with E-state index in [1.807, 2.05) is 25.1 Å². The molecular formula is C14H14N6O2. The number of hydrogen-bond acceptors (Lipinski definition) is 4. The molecule has 3 aromatic rings. The molecule has 0 saturated heterocycles. The molecule has 0 aliphatic rings. The lowest BCUT2D eigenvalue weighted by Gasteiger charge is -2.07. The first kappa shape index (κ1) is 13.8. The first-order valence-electron chi connectivity index (χ1n) is 6.75. The van der Waals surface area contributed by atoms with Crippen LogP contribution in [-0.2, 0) is 6.54 Å². The third-order valence-corrected chi connectivity index (χ3v) is 3.14. The first-order chi connectivity index (χ1) is 10.7. The van der Waals surface area contributed by atoms with Gasteiger partial charge in [-0.2, -0.15) is 0 Å². The first-order valence-corrected chi connectivity index (χ1v) is 6.75. The number of anilines is 2. The monoisotopic (exact) mass is 298 g/mol. The summed E-state index contributed by atoms with van der Waals surface area (Å²) in [5.41, 5.74) is 1.23. The molecule has 1 aromatic carbocycles. The Balaban J connectivity index is 1.88. The molecule has 0 atom stereocenters. The highest BCUT2D eigenvalue weighted by atomic mass is 16.2. The molecule has 0 saturated carbocycles. The Labute approximate surface area is 125 Å².